The minimum atomic E-state index is -0.789. The zero-order valence-electron chi connectivity index (χ0n) is 18.6. The van der Waals surface area contributed by atoms with E-state index >= 15 is 0 Å². The number of H-pyrrole nitrogens is 1. The maximum absolute atomic E-state index is 13.0. The van der Waals surface area contributed by atoms with Crippen LogP contribution >= 0.6 is 24.0 Å². The monoisotopic (exact) mass is 467 g/mol. The Morgan fingerprint density at radius 3 is 2.84 bits per heavy atom. The molecule has 0 spiro atoms. The van der Waals surface area contributed by atoms with Crippen molar-refractivity contribution in [2.24, 2.45) is 0 Å². The molecule has 3 aromatic rings. The molecular formula is C22H22Cl2N2O5. The summed E-state index contributed by atoms with van der Waals surface area (Å²) in [5.41, 5.74) is 3.58. The summed E-state index contributed by atoms with van der Waals surface area (Å²) in [5.74, 6) is 0.174. The predicted molar refractivity (Wildman–Crippen MR) is 119 cm³/mol. The van der Waals surface area contributed by atoms with Gasteiger partial charge in [0.25, 0.3) is 0 Å². The summed E-state index contributed by atoms with van der Waals surface area (Å²) in [5, 5.41) is 1.02. The summed E-state index contributed by atoms with van der Waals surface area (Å²) >= 11 is 5.95. The Balaban J connectivity index is 0.000000994. The fourth-order valence-corrected chi connectivity index (χ4v) is 4.55. The molecule has 5 rings (SSSR count). The molecule has 1 N–H and O–H groups in total. The van der Waals surface area contributed by atoms with Crippen molar-refractivity contribution in [3.63, 3.8) is 0 Å². The number of alkyl halides is 1. The van der Waals surface area contributed by atoms with Gasteiger partial charge in [0, 0.05) is 26.0 Å². The first-order valence-corrected chi connectivity index (χ1v) is 10.1. The third-order valence-electron chi connectivity index (χ3n) is 5.72. The van der Waals surface area contributed by atoms with Gasteiger partial charge in [-0.1, -0.05) is 24.3 Å². The number of benzene rings is 2. The molecule has 0 saturated carbocycles. The SMILES string of the molecule is COC(=O)[C@H]1Cc2c([nH]c3ccccc23)[C@@H](c2ccc3c(c2)OCO3)N1C(=O)CCl.Cl.[2H][3H]. The number of fused-ring (bicyclic) bond motifs is 4. The van der Waals surface area contributed by atoms with Crippen LogP contribution in [0.3, 0.4) is 0 Å². The number of nitrogens with one attached hydrogen (secondary N) is 1. The van der Waals surface area contributed by atoms with Gasteiger partial charge in [-0.2, -0.15) is 0 Å². The van der Waals surface area contributed by atoms with E-state index in [0.717, 1.165) is 27.7 Å². The zero-order chi connectivity index (χ0) is 22.8. The first-order valence-electron chi connectivity index (χ1n) is 10.6. The van der Waals surface area contributed by atoms with Crippen LogP contribution in [0.5, 0.6) is 11.5 Å². The average Bonchev–Trinajstić information content (AvgIpc) is 3.47. The standard InChI is InChI=1S/C22H19ClN2O5.ClH.H2/c1-28-22(27)16-9-14-13-4-2-3-5-15(13)24-20(14)21(25(16)19(26)10-23)12-6-7-17-18(8-12)30-11-29-17;;/h2-8,16,21,24H,9-11H2,1H3;2*1H/t16-,21-;;/m1../s1/i;;1+2D. The molecule has 0 bridgehead atoms. The van der Waals surface area contributed by atoms with E-state index in [9.17, 15) is 9.59 Å². The highest BCUT2D eigenvalue weighted by Gasteiger charge is 2.44. The third-order valence-corrected chi connectivity index (χ3v) is 5.95. The fourth-order valence-electron chi connectivity index (χ4n) is 4.42. The van der Waals surface area contributed by atoms with Crippen molar-refractivity contribution in [1.29, 1.82) is 0 Å². The van der Waals surface area contributed by atoms with E-state index in [1.165, 1.54) is 12.0 Å². The van der Waals surface area contributed by atoms with Crippen LogP contribution in [0.4, 0.5) is 0 Å². The van der Waals surface area contributed by atoms with Crippen LogP contribution in [-0.2, 0) is 20.7 Å². The number of para-hydroxylation sites is 1. The van der Waals surface area contributed by atoms with Crippen LogP contribution in [0.1, 0.15) is 25.8 Å². The van der Waals surface area contributed by atoms with Gasteiger partial charge in [-0.05, 0) is 29.3 Å². The predicted octanol–water partition coefficient (Wildman–Crippen LogP) is 3.82. The van der Waals surface area contributed by atoms with E-state index < -0.39 is 18.1 Å². The Kier molecular flexibility index (Phi) is 5.38. The van der Waals surface area contributed by atoms with Crippen molar-refractivity contribution < 1.29 is 26.8 Å². The maximum Gasteiger partial charge on any atom is 0.328 e. The Labute approximate surface area is 192 Å². The Bertz CT molecular complexity index is 1170. The zero-order valence-corrected chi connectivity index (χ0v) is 18.2. The van der Waals surface area contributed by atoms with Gasteiger partial charge in [0.2, 0.25) is 12.7 Å². The molecule has 7 nitrogen and oxygen atoms in total. The van der Waals surface area contributed by atoms with Gasteiger partial charge >= 0.3 is 5.97 Å². The van der Waals surface area contributed by atoms with Crippen molar-refractivity contribution in [3.8, 4) is 11.5 Å². The van der Waals surface area contributed by atoms with Gasteiger partial charge in [-0.25, -0.2) is 4.79 Å². The first kappa shape index (κ1) is 20.0. The van der Waals surface area contributed by atoms with Crippen molar-refractivity contribution in [3.05, 3.63) is 59.3 Å². The lowest BCUT2D eigenvalue weighted by atomic mass is 9.87. The van der Waals surface area contributed by atoms with E-state index in [1.807, 2.05) is 42.5 Å². The second kappa shape index (κ2) is 8.32. The molecule has 1 amide bonds. The van der Waals surface area contributed by atoms with Gasteiger partial charge in [-0.3, -0.25) is 4.79 Å². The molecule has 3 heterocycles. The van der Waals surface area contributed by atoms with Crippen LogP contribution < -0.4 is 9.47 Å². The normalized spacial score (nSPS) is 19.2. The molecule has 2 atom stereocenters. The van der Waals surface area contributed by atoms with E-state index in [2.05, 4.69) is 4.98 Å². The topological polar surface area (TPSA) is 80.9 Å². The molecule has 9 heteroatoms. The van der Waals surface area contributed by atoms with Gasteiger partial charge in [0.1, 0.15) is 11.9 Å². The molecule has 0 aliphatic carbocycles. The van der Waals surface area contributed by atoms with E-state index in [4.69, 9.17) is 28.8 Å². The van der Waals surface area contributed by atoms with Crippen molar-refractivity contribution in [2.75, 3.05) is 19.8 Å². The lowest BCUT2D eigenvalue weighted by Crippen LogP contribution is -2.52. The van der Waals surface area contributed by atoms with Crippen LogP contribution in [0.25, 0.3) is 10.9 Å². The molecule has 0 radical (unpaired) electrons. The van der Waals surface area contributed by atoms with Gasteiger partial charge in [-0.15, -0.1) is 24.0 Å². The number of carbonyl (C=O) groups excluding carboxylic acids is 2. The number of carbonyl (C=O) groups is 2. The van der Waals surface area contributed by atoms with E-state index in [0.29, 0.717) is 17.9 Å². The number of methoxy groups -OCH3 is 1. The van der Waals surface area contributed by atoms with Gasteiger partial charge < -0.3 is 24.1 Å². The number of hydrogen-bond acceptors (Lipinski definition) is 5. The van der Waals surface area contributed by atoms with Crippen molar-refractivity contribution in [1.82, 2.24) is 9.88 Å². The summed E-state index contributed by atoms with van der Waals surface area (Å²) in [6.45, 7) is 0.149. The smallest absolute Gasteiger partial charge is 0.328 e. The molecular weight excluding hydrogens is 443 g/mol. The van der Waals surface area contributed by atoms with Crippen molar-refractivity contribution >= 4 is 46.8 Å². The highest BCUT2D eigenvalue weighted by Crippen LogP contribution is 2.44. The third kappa shape index (κ3) is 3.38. The minimum Gasteiger partial charge on any atom is -0.467 e. The number of halogens is 2. The quantitative estimate of drug-likeness (QED) is 0.467. The van der Waals surface area contributed by atoms with Crippen LogP contribution in [-0.4, -0.2) is 47.6 Å². The summed E-state index contributed by atoms with van der Waals surface area (Å²) in [6, 6.07) is 12.1. The number of aromatic nitrogens is 1. The fraction of sp³-hybridized carbons (Fsp3) is 0.273. The van der Waals surface area contributed by atoms with Gasteiger partial charge in [0.15, 0.2) is 11.5 Å². The molecule has 164 valence electrons. The number of rotatable bonds is 3. The highest BCUT2D eigenvalue weighted by molar-refractivity contribution is 6.27. The number of aromatic amines is 1. The number of nitrogens with zero attached hydrogens (tertiary/aromatic N) is 1. The molecule has 2 aromatic carbocycles. The number of hydrogen-bond donors (Lipinski definition) is 1. The highest BCUT2D eigenvalue weighted by atomic mass is 35.5. The summed E-state index contributed by atoms with van der Waals surface area (Å²) in [6.07, 6.45) is 0.343. The number of esters is 1. The molecule has 31 heavy (non-hydrogen) atoms. The van der Waals surface area contributed by atoms with Crippen LogP contribution in [0, 0.1) is 0 Å². The molecule has 2 aliphatic rings. The molecule has 2 aliphatic heterocycles. The lowest BCUT2D eigenvalue weighted by Gasteiger charge is -2.40. The molecule has 0 fully saturated rings. The van der Waals surface area contributed by atoms with Gasteiger partial charge in [0.05, 0.1) is 13.2 Å². The second-order valence-electron chi connectivity index (χ2n) is 7.26. The molecule has 0 saturated heterocycles. The largest absolute Gasteiger partial charge is 0.467 e. The Morgan fingerprint density at radius 2 is 2.06 bits per heavy atom. The summed E-state index contributed by atoms with van der Waals surface area (Å²) in [4.78, 5) is 30.7. The second-order valence-corrected chi connectivity index (χ2v) is 7.52. The minimum absolute atomic E-state index is 0. The van der Waals surface area contributed by atoms with Crippen LogP contribution in [0.2, 0.25) is 0 Å². The molecule has 1 aromatic heterocycles. The average molecular weight is 468 g/mol. The Hall–Kier alpha value is -2.90. The Morgan fingerprint density at radius 1 is 1.29 bits per heavy atom. The molecule has 0 unspecified atom stereocenters. The van der Waals surface area contributed by atoms with E-state index in [1.54, 1.807) is 0 Å². The summed E-state index contributed by atoms with van der Waals surface area (Å²) < 4.78 is 26.0. The maximum atomic E-state index is 13.0. The lowest BCUT2D eigenvalue weighted by molar-refractivity contribution is -0.154. The van der Waals surface area contributed by atoms with E-state index in [-0.39, 0.29) is 31.0 Å². The first-order chi connectivity index (χ1) is 15.6. The number of amides is 1. The van der Waals surface area contributed by atoms with Crippen LogP contribution in [0.15, 0.2) is 42.5 Å². The van der Waals surface area contributed by atoms with Crippen molar-refractivity contribution in [2.45, 2.75) is 18.5 Å². The number of ether oxygens (including phenoxy) is 3. The summed E-state index contributed by atoms with van der Waals surface area (Å²) in [7, 11) is 1.33.